The molecule has 2 aromatic carbocycles. The van der Waals surface area contributed by atoms with Crippen molar-refractivity contribution in [3.8, 4) is 11.5 Å². The molecule has 0 radical (unpaired) electrons. The van der Waals surface area contributed by atoms with Gasteiger partial charge in [-0.15, -0.1) is 11.6 Å². The highest BCUT2D eigenvalue weighted by atomic mass is 35.5. The molecule has 0 atom stereocenters. The van der Waals surface area contributed by atoms with Crippen LogP contribution in [-0.4, -0.2) is 19.1 Å². The fourth-order valence-electron chi connectivity index (χ4n) is 3.19. The predicted molar refractivity (Wildman–Crippen MR) is 113 cm³/mol. The maximum Gasteiger partial charge on any atom is 0.130 e. The van der Waals surface area contributed by atoms with Crippen molar-refractivity contribution in [3.05, 3.63) is 35.9 Å². The summed E-state index contributed by atoms with van der Waals surface area (Å²) in [6.45, 7) is 5.88. The Morgan fingerprint density at radius 1 is 0.808 bits per heavy atom. The zero-order valence-corrected chi connectivity index (χ0v) is 17.1. The average molecular weight is 377 g/mol. The molecular formula is C23H33ClO2. The molecule has 0 N–H and O–H groups in total. The molecule has 3 heteroatoms. The normalized spacial score (nSPS) is 11.0. The van der Waals surface area contributed by atoms with E-state index in [0.29, 0.717) is 0 Å². The van der Waals surface area contributed by atoms with E-state index in [1.54, 1.807) is 0 Å². The summed E-state index contributed by atoms with van der Waals surface area (Å²) in [6.07, 6.45) is 9.38. The van der Waals surface area contributed by atoms with Gasteiger partial charge in [0.1, 0.15) is 11.5 Å². The molecule has 0 bridgehead atoms. The number of ether oxygens (including phenoxy) is 2. The lowest BCUT2D eigenvalue weighted by atomic mass is 10.0. The van der Waals surface area contributed by atoms with Crippen LogP contribution < -0.4 is 9.47 Å². The van der Waals surface area contributed by atoms with Crippen molar-refractivity contribution in [1.29, 1.82) is 0 Å². The predicted octanol–water partition coefficient (Wildman–Crippen LogP) is 7.29. The van der Waals surface area contributed by atoms with Gasteiger partial charge in [-0.05, 0) is 37.8 Å². The molecule has 2 rings (SSSR count). The lowest BCUT2D eigenvalue weighted by Gasteiger charge is -2.16. The molecule has 0 aliphatic heterocycles. The second-order valence-corrected chi connectivity index (χ2v) is 7.31. The molecule has 0 aliphatic carbocycles. The van der Waals surface area contributed by atoms with Gasteiger partial charge in [-0.3, -0.25) is 0 Å². The third kappa shape index (κ3) is 6.39. The zero-order chi connectivity index (χ0) is 18.6. The van der Waals surface area contributed by atoms with Gasteiger partial charge in [-0.2, -0.15) is 0 Å². The van der Waals surface area contributed by atoms with Crippen molar-refractivity contribution >= 4 is 22.4 Å². The van der Waals surface area contributed by atoms with E-state index in [1.165, 1.54) is 32.1 Å². The Hall–Kier alpha value is -1.41. The first-order valence-electron chi connectivity index (χ1n) is 10.1. The minimum absolute atomic E-state index is 0.753. The van der Waals surface area contributed by atoms with Gasteiger partial charge < -0.3 is 9.47 Å². The SMILES string of the molecule is CCCCCCOc1c(C)cc(OCCCCCCCl)c2ccccc12. The van der Waals surface area contributed by atoms with E-state index < -0.39 is 0 Å². The highest BCUT2D eigenvalue weighted by Crippen LogP contribution is 2.36. The Bertz CT molecular complexity index is 654. The van der Waals surface area contributed by atoms with Gasteiger partial charge in [0.15, 0.2) is 0 Å². The van der Waals surface area contributed by atoms with E-state index >= 15 is 0 Å². The highest BCUT2D eigenvalue weighted by molar-refractivity contribution is 6.17. The summed E-state index contributed by atoms with van der Waals surface area (Å²) in [4.78, 5) is 0. The fourth-order valence-corrected chi connectivity index (χ4v) is 3.38. The summed E-state index contributed by atoms with van der Waals surface area (Å²) >= 11 is 5.73. The zero-order valence-electron chi connectivity index (χ0n) is 16.4. The number of fused-ring (bicyclic) bond motifs is 1. The van der Waals surface area contributed by atoms with Crippen LogP contribution in [0, 0.1) is 6.92 Å². The smallest absolute Gasteiger partial charge is 0.130 e. The molecule has 0 saturated heterocycles. The Morgan fingerprint density at radius 3 is 2.19 bits per heavy atom. The lowest BCUT2D eigenvalue weighted by Crippen LogP contribution is -2.02. The van der Waals surface area contributed by atoms with E-state index in [9.17, 15) is 0 Å². The minimum atomic E-state index is 0.753. The Balaban J connectivity index is 2.02. The molecule has 2 nitrogen and oxygen atoms in total. The van der Waals surface area contributed by atoms with Crippen LogP contribution in [0.1, 0.15) is 63.9 Å². The first-order valence-corrected chi connectivity index (χ1v) is 10.6. The van der Waals surface area contributed by atoms with E-state index in [-0.39, 0.29) is 0 Å². The van der Waals surface area contributed by atoms with Crippen LogP contribution >= 0.6 is 11.6 Å². The number of hydrogen-bond donors (Lipinski definition) is 0. The van der Waals surface area contributed by atoms with Crippen molar-refractivity contribution in [3.63, 3.8) is 0 Å². The molecule has 0 saturated carbocycles. The largest absolute Gasteiger partial charge is 0.493 e. The Kier molecular flexibility index (Phi) is 9.70. The summed E-state index contributed by atoms with van der Waals surface area (Å²) in [6, 6.07) is 10.5. The van der Waals surface area contributed by atoms with Crippen LogP contribution in [0.15, 0.2) is 30.3 Å². The van der Waals surface area contributed by atoms with Crippen molar-refractivity contribution < 1.29 is 9.47 Å². The summed E-state index contributed by atoms with van der Waals surface area (Å²) in [5, 5.41) is 2.29. The van der Waals surface area contributed by atoms with Gasteiger partial charge in [0.2, 0.25) is 0 Å². The van der Waals surface area contributed by atoms with Crippen LogP contribution in [0.2, 0.25) is 0 Å². The van der Waals surface area contributed by atoms with Crippen LogP contribution in [0.5, 0.6) is 11.5 Å². The first kappa shape index (κ1) is 20.9. The summed E-state index contributed by atoms with van der Waals surface area (Å²) in [5.41, 5.74) is 1.15. The molecular weight excluding hydrogens is 344 g/mol. The molecule has 0 unspecified atom stereocenters. The highest BCUT2D eigenvalue weighted by Gasteiger charge is 2.11. The molecule has 0 aromatic heterocycles. The number of alkyl halides is 1. The summed E-state index contributed by atoms with van der Waals surface area (Å²) < 4.78 is 12.3. The number of aryl methyl sites for hydroxylation is 1. The Morgan fingerprint density at radius 2 is 1.46 bits per heavy atom. The van der Waals surface area contributed by atoms with Gasteiger partial charge in [-0.25, -0.2) is 0 Å². The van der Waals surface area contributed by atoms with Crippen LogP contribution in [0.3, 0.4) is 0 Å². The molecule has 0 spiro atoms. The monoisotopic (exact) mass is 376 g/mol. The van der Waals surface area contributed by atoms with E-state index in [0.717, 1.165) is 66.2 Å². The van der Waals surface area contributed by atoms with Crippen molar-refractivity contribution in [1.82, 2.24) is 0 Å². The molecule has 0 fully saturated rings. The summed E-state index contributed by atoms with van der Waals surface area (Å²) in [5.74, 6) is 2.73. The molecule has 144 valence electrons. The Labute approximate surface area is 163 Å². The van der Waals surface area contributed by atoms with Crippen molar-refractivity contribution in [2.45, 2.75) is 65.2 Å². The maximum atomic E-state index is 6.15. The molecule has 0 aliphatic rings. The van der Waals surface area contributed by atoms with E-state index in [4.69, 9.17) is 21.1 Å². The topological polar surface area (TPSA) is 18.5 Å². The fraction of sp³-hybridized carbons (Fsp3) is 0.565. The molecule has 0 amide bonds. The van der Waals surface area contributed by atoms with Crippen molar-refractivity contribution in [2.75, 3.05) is 19.1 Å². The van der Waals surface area contributed by atoms with Gasteiger partial charge in [0.25, 0.3) is 0 Å². The quantitative estimate of drug-likeness (QED) is 0.270. The van der Waals surface area contributed by atoms with Gasteiger partial charge >= 0.3 is 0 Å². The number of benzene rings is 2. The number of unbranched alkanes of at least 4 members (excludes halogenated alkanes) is 6. The summed E-state index contributed by atoms with van der Waals surface area (Å²) in [7, 11) is 0. The number of rotatable bonds is 13. The van der Waals surface area contributed by atoms with E-state index in [1.807, 2.05) is 0 Å². The van der Waals surface area contributed by atoms with Crippen LogP contribution in [0.25, 0.3) is 10.8 Å². The second-order valence-electron chi connectivity index (χ2n) is 6.93. The van der Waals surface area contributed by atoms with Gasteiger partial charge in [-0.1, -0.05) is 63.3 Å². The minimum Gasteiger partial charge on any atom is -0.493 e. The van der Waals surface area contributed by atoms with Crippen molar-refractivity contribution in [2.24, 2.45) is 0 Å². The third-order valence-electron chi connectivity index (χ3n) is 4.67. The number of hydrogen-bond acceptors (Lipinski definition) is 2. The lowest BCUT2D eigenvalue weighted by molar-refractivity contribution is 0.300. The van der Waals surface area contributed by atoms with Crippen LogP contribution in [-0.2, 0) is 0 Å². The van der Waals surface area contributed by atoms with E-state index in [2.05, 4.69) is 44.2 Å². The number of halogens is 1. The maximum absolute atomic E-state index is 6.15. The standard InChI is InChI=1S/C23H33ClO2/c1-3-4-5-11-17-26-23-19(2)18-22(20-13-8-9-14-21(20)23)25-16-12-7-6-10-15-24/h8-9,13-14,18H,3-7,10-12,15-17H2,1-2H3. The average Bonchev–Trinajstić information content (AvgIpc) is 2.66. The first-order chi connectivity index (χ1) is 12.8. The third-order valence-corrected chi connectivity index (χ3v) is 4.94. The second kappa shape index (κ2) is 12.1. The van der Waals surface area contributed by atoms with Gasteiger partial charge in [0.05, 0.1) is 13.2 Å². The molecule has 26 heavy (non-hydrogen) atoms. The van der Waals surface area contributed by atoms with Crippen LogP contribution in [0.4, 0.5) is 0 Å². The molecule has 0 heterocycles. The molecule has 2 aromatic rings. The van der Waals surface area contributed by atoms with Gasteiger partial charge in [0, 0.05) is 16.7 Å².